The second-order valence-corrected chi connectivity index (χ2v) is 4.09. The number of nitrogens with zero attached hydrogens (tertiary/aromatic N) is 3. The van der Waals surface area contributed by atoms with Crippen molar-refractivity contribution in [2.24, 2.45) is 7.05 Å². The summed E-state index contributed by atoms with van der Waals surface area (Å²) in [6.45, 7) is 2.95. The van der Waals surface area contributed by atoms with Gasteiger partial charge in [-0.25, -0.2) is 0 Å². The van der Waals surface area contributed by atoms with E-state index in [0.717, 1.165) is 0 Å². The van der Waals surface area contributed by atoms with Crippen LogP contribution in [0.5, 0.6) is 0 Å². The van der Waals surface area contributed by atoms with Crippen LogP contribution in [0.3, 0.4) is 0 Å². The first-order valence-electron chi connectivity index (χ1n) is 5.71. The number of rotatable bonds is 2. The lowest BCUT2D eigenvalue weighted by atomic mass is 10.1. The molecule has 0 spiro atoms. The van der Waals surface area contributed by atoms with Crippen molar-refractivity contribution >= 4 is 11.8 Å². The number of carbonyl (C=O) groups is 2. The Morgan fingerprint density at radius 1 is 1.65 bits per heavy atom. The van der Waals surface area contributed by atoms with Crippen LogP contribution >= 0.6 is 0 Å². The molecule has 0 saturated carbocycles. The van der Waals surface area contributed by atoms with Crippen molar-refractivity contribution in [1.29, 1.82) is 0 Å². The molecule has 2 heterocycles. The van der Waals surface area contributed by atoms with Gasteiger partial charge in [-0.3, -0.25) is 14.3 Å². The van der Waals surface area contributed by atoms with E-state index >= 15 is 0 Å². The van der Waals surface area contributed by atoms with Crippen molar-refractivity contribution in [1.82, 2.24) is 20.0 Å². The lowest BCUT2D eigenvalue weighted by Gasteiger charge is -2.33. The third-order valence-electron chi connectivity index (χ3n) is 2.91. The van der Waals surface area contributed by atoms with Gasteiger partial charge in [0.15, 0.2) is 0 Å². The van der Waals surface area contributed by atoms with Crippen molar-refractivity contribution in [3.05, 3.63) is 18.0 Å². The number of amides is 2. The van der Waals surface area contributed by atoms with E-state index in [9.17, 15) is 9.59 Å². The number of carbonyl (C=O) groups excluding carboxylic acids is 2. The highest BCUT2D eigenvalue weighted by molar-refractivity contribution is 5.96. The molecule has 1 unspecified atom stereocenters. The van der Waals surface area contributed by atoms with Crippen molar-refractivity contribution < 1.29 is 9.59 Å². The Bertz CT molecular complexity index is 440. The zero-order valence-corrected chi connectivity index (χ0v) is 10.0. The minimum Gasteiger partial charge on any atom is -0.353 e. The first kappa shape index (κ1) is 11.6. The van der Waals surface area contributed by atoms with Crippen molar-refractivity contribution in [2.75, 3.05) is 13.1 Å². The van der Waals surface area contributed by atoms with Gasteiger partial charge in [-0.2, -0.15) is 5.10 Å². The molecule has 0 aromatic carbocycles. The van der Waals surface area contributed by atoms with Gasteiger partial charge in [0.05, 0.1) is 0 Å². The molecule has 17 heavy (non-hydrogen) atoms. The van der Waals surface area contributed by atoms with E-state index in [1.807, 2.05) is 6.92 Å². The number of nitrogens with one attached hydrogen (secondary N) is 1. The maximum atomic E-state index is 12.2. The van der Waals surface area contributed by atoms with Crippen LogP contribution in [0.15, 0.2) is 12.3 Å². The molecule has 6 nitrogen and oxygen atoms in total. The average Bonchev–Trinajstić information content (AvgIpc) is 2.74. The van der Waals surface area contributed by atoms with Crippen LogP contribution in [0.2, 0.25) is 0 Å². The summed E-state index contributed by atoms with van der Waals surface area (Å²) in [7, 11) is 1.76. The van der Waals surface area contributed by atoms with Gasteiger partial charge in [0, 0.05) is 26.3 Å². The Balaban J connectivity index is 2.20. The van der Waals surface area contributed by atoms with Gasteiger partial charge in [-0.05, 0) is 12.5 Å². The molecule has 92 valence electrons. The van der Waals surface area contributed by atoms with Gasteiger partial charge in [-0.15, -0.1) is 0 Å². The van der Waals surface area contributed by atoms with Gasteiger partial charge in [0.1, 0.15) is 11.7 Å². The monoisotopic (exact) mass is 236 g/mol. The summed E-state index contributed by atoms with van der Waals surface area (Å²) in [6.07, 6.45) is 2.34. The maximum absolute atomic E-state index is 12.2. The molecule has 6 heteroatoms. The summed E-state index contributed by atoms with van der Waals surface area (Å²) in [5, 5.41) is 6.84. The lowest BCUT2D eigenvalue weighted by Crippen LogP contribution is -2.57. The summed E-state index contributed by atoms with van der Waals surface area (Å²) in [5.41, 5.74) is 0.389. The van der Waals surface area contributed by atoms with Crippen LogP contribution in [-0.4, -0.2) is 45.6 Å². The number of hydrogen-bond acceptors (Lipinski definition) is 3. The number of hydrogen-bond donors (Lipinski definition) is 1. The Labute approximate surface area is 99.6 Å². The fourth-order valence-electron chi connectivity index (χ4n) is 2.04. The maximum Gasteiger partial charge on any atom is 0.275 e. The molecule has 0 bridgehead atoms. The Morgan fingerprint density at radius 2 is 2.41 bits per heavy atom. The van der Waals surface area contributed by atoms with E-state index in [-0.39, 0.29) is 17.9 Å². The third kappa shape index (κ3) is 2.15. The fraction of sp³-hybridized carbons (Fsp3) is 0.545. The number of piperazine rings is 1. The van der Waals surface area contributed by atoms with Crippen LogP contribution in [0.1, 0.15) is 23.8 Å². The van der Waals surface area contributed by atoms with Crippen LogP contribution in [0.4, 0.5) is 0 Å². The molecule has 1 aromatic heterocycles. The van der Waals surface area contributed by atoms with Crippen LogP contribution in [0.25, 0.3) is 0 Å². The van der Waals surface area contributed by atoms with E-state index in [2.05, 4.69) is 10.4 Å². The molecule has 1 fully saturated rings. The highest BCUT2D eigenvalue weighted by atomic mass is 16.2. The summed E-state index contributed by atoms with van der Waals surface area (Å²) in [5.74, 6) is -0.254. The molecule has 1 aliphatic heterocycles. The van der Waals surface area contributed by atoms with Gasteiger partial charge in [-0.1, -0.05) is 6.92 Å². The molecule has 1 aromatic rings. The van der Waals surface area contributed by atoms with Gasteiger partial charge in [0.2, 0.25) is 5.91 Å². The quantitative estimate of drug-likeness (QED) is 0.771. The van der Waals surface area contributed by atoms with Crippen LogP contribution in [0, 0.1) is 0 Å². The molecule has 0 aliphatic carbocycles. The average molecular weight is 236 g/mol. The van der Waals surface area contributed by atoms with Crippen molar-refractivity contribution in [2.45, 2.75) is 19.4 Å². The SMILES string of the molecule is CCC1C(=O)NCCN1C(=O)c1ccn(C)n1. The van der Waals surface area contributed by atoms with E-state index in [1.54, 1.807) is 28.9 Å². The van der Waals surface area contributed by atoms with Crippen molar-refractivity contribution in [3.63, 3.8) is 0 Å². The van der Waals surface area contributed by atoms with E-state index in [4.69, 9.17) is 0 Å². The molecule has 1 saturated heterocycles. The lowest BCUT2D eigenvalue weighted by molar-refractivity contribution is -0.127. The first-order valence-corrected chi connectivity index (χ1v) is 5.71. The topological polar surface area (TPSA) is 67.2 Å². The largest absolute Gasteiger partial charge is 0.353 e. The standard InChI is InChI=1S/C11H16N4O2/c1-3-9-10(16)12-5-7-15(9)11(17)8-4-6-14(2)13-8/h4,6,9H,3,5,7H2,1-2H3,(H,12,16). The summed E-state index contributed by atoms with van der Waals surface area (Å²) >= 11 is 0. The molecule has 2 amide bonds. The van der Waals surface area contributed by atoms with E-state index < -0.39 is 0 Å². The molecule has 1 aliphatic rings. The van der Waals surface area contributed by atoms with Crippen LogP contribution in [-0.2, 0) is 11.8 Å². The smallest absolute Gasteiger partial charge is 0.275 e. The van der Waals surface area contributed by atoms with E-state index in [0.29, 0.717) is 25.2 Å². The predicted octanol–water partition coefficient (Wildman–Crippen LogP) is -0.229. The highest BCUT2D eigenvalue weighted by Crippen LogP contribution is 2.12. The Hall–Kier alpha value is -1.85. The summed E-state index contributed by atoms with van der Waals surface area (Å²) < 4.78 is 1.58. The van der Waals surface area contributed by atoms with Crippen molar-refractivity contribution in [3.8, 4) is 0 Å². The molecule has 0 radical (unpaired) electrons. The molecule has 1 atom stereocenters. The second-order valence-electron chi connectivity index (χ2n) is 4.09. The first-order chi connectivity index (χ1) is 8.13. The molecular formula is C11H16N4O2. The van der Waals surface area contributed by atoms with Crippen LogP contribution < -0.4 is 5.32 Å². The number of aryl methyl sites for hydroxylation is 1. The number of aromatic nitrogens is 2. The zero-order chi connectivity index (χ0) is 12.4. The summed E-state index contributed by atoms with van der Waals surface area (Å²) in [4.78, 5) is 25.4. The minimum atomic E-state index is -0.377. The Kier molecular flexibility index (Phi) is 3.12. The second kappa shape index (κ2) is 4.57. The molecular weight excluding hydrogens is 220 g/mol. The normalized spacial score (nSPS) is 20.2. The van der Waals surface area contributed by atoms with Gasteiger partial charge < -0.3 is 10.2 Å². The van der Waals surface area contributed by atoms with Gasteiger partial charge in [0.25, 0.3) is 5.91 Å². The fourth-order valence-corrected chi connectivity index (χ4v) is 2.04. The summed E-state index contributed by atoms with van der Waals surface area (Å²) in [6, 6.07) is 1.29. The zero-order valence-electron chi connectivity index (χ0n) is 10.0. The highest BCUT2D eigenvalue weighted by Gasteiger charge is 2.32. The van der Waals surface area contributed by atoms with Gasteiger partial charge >= 0.3 is 0 Å². The predicted molar refractivity (Wildman–Crippen MR) is 61.3 cm³/mol. The Morgan fingerprint density at radius 3 is 3.00 bits per heavy atom. The minimum absolute atomic E-state index is 0.0805. The molecule has 1 N–H and O–H groups in total. The molecule has 2 rings (SSSR count). The van der Waals surface area contributed by atoms with E-state index in [1.165, 1.54) is 0 Å². The third-order valence-corrected chi connectivity index (χ3v) is 2.91.